The predicted octanol–water partition coefficient (Wildman–Crippen LogP) is 2.74. The molecule has 1 fully saturated rings. The third-order valence-electron chi connectivity index (χ3n) is 3.74. The minimum Gasteiger partial charge on any atom is -0.374 e. The van der Waals surface area contributed by atoms with Gasteiger partial charge >= 0.3 is 0 Å². The monoisotopic (exact) mass is 326 g/mol. The van der Waals surface area contributed by atoms with Gasteiger partial charge in [0, 0.05) is 17.6 Å². The second kappa shape index (κ2) is 6.84. The quantitative estimate of drug-likeness (QED) is 0.920. The van der Waals surface area contributed by atoms with Gasteiger partial charge in [0.2, 0.25) is 0 Å². The zero-order valence-corrected chi connectivity index (χ0v) is 13.5. The molecular formula is C15H23BrN2O. The zero-order valence-electron chi connectivity index (χ0n) is 11.9. The van der Waals surface area contributed by atoms with Gasteiger partial charge < -0.3 is 10.1 Å². The standard InChI is InChI=1S/C15H23BrN2O/c1-4-18-7-8-19-14(10-17-3)15(18)12-6-5-11(2)9-13(12)16/h5-6,9,14-15,17H,4,7-8,10H2,1-3H3. The number of rotatable bonds is 4. The molecule has 2 rings (SSSR count). The zero-order chi connectivity index (χ0) is 13.8. The Labute approximate surface area is 124 Å². The van der Waals surface area contributed by atoms with Gasteiger partial charge in [0.05, 0.1) is 18.8 Å². The van der Waals surface area contributed by atoms with Crippen molar-refractivity contribution in [3.8, 4) is 0 Å². The third-order valence-corrected chi connectivity index (χ3v) is 4.43. The fourth-order valence-corrected chi connectivity index (χ4v) is 3.51. The number of likely N-dealkylation sites (N-methyl/N-ethyl adjacent to an activating group) is 2. The molecule has 0 saturated carbocycles. The maximum absolute atomic E-state index is 5.98. The molecule has 19 heavy (non-hydrogen) atoms. The van der Waals surface area contributed by atoms with Crippen LogP contribution in [0, 0.1) is 6.92 Å². The molecule has 0 aromatic heterocycles. The molecule has 3 nitrogen and oxygen atoms in total. The summed E-state index contributed by atoms with van der Waals surface area (Å²) in [7, 11) is 1.98. The largest absolute Gasteiger partial charge is 0.374 e. The van der Waals surface area contributed by atoms with E-state index >= 15 is 0 Å². The van der Waals surface area contributed by atoms with Crippen LogP contribution in [0.4, 0.5) is 0 Å². The van der Waals surface area contributed by atoms with E-state index in [0.29, 0.717) is 6.04 Å². The number of ether oxygens (including phenoxy) is 1. The number of nitrogens with one attached hydrogen (secondary N) is 1. The topological polar surface area (TPSA) is 24.5 Å². The summed E-state index contributed by atoms with van der Waals surface area (Å²) >= 11 is 3.72. The van der Waals surface area contributed by atoms with Gasteiger partial charge in [0.25, 0.3) is 0 Å². The van der Waals surface area contributed by atoms with Crippen LogP contribution >= 0.6 is 15.9 Å². The van der Waals surface area contributed by atoms with Crippen LogP contribution in [0.3, 0.4) is 0 Å². The van der Waals surface area contributed by atoms with Crippen molar-refractivity contribution in [1.29, 1.82) is 0 Å². The molecule has 2 atom stereocenters. The summed E-state index contributed by atoms with van der Waals surface area (Å²) in [5.74, 6) is 0. The van der Waals surface area contributed by atoms with Crippen molar-refractivity contribution >= 4 is 15.9 Å². The highest BCUT2D eigenvalue weighted by atomic mass is 79.9. The number of halogens is 1. The fourth-order valence-electron chi connectivity index (χ4n) is 2.78. The van der Waals surface area contributed by atoms with E-state index in [1.807, 2.05) is 7.05 Å². The summed E-state index contributed by atoms with van der Waals surface area (Å²) in [6, 6.07) is 6.92. The van der Waals surface area contributed by atoms with Gasteiger partial charge in [-0.15, -0.1) is 0 Å². The number of nitrogens with zero attached hydrogens (tertiary/aromatic N) is 1. The van der Waals surface area contributed by atoms with E-state index in [9.17, 15) is 0 Å². The maximum Gasteiger partial charge on any atom is 0.0896 e. The first kappa shape index (κ1) is 15.0. The lowest BCUT2D eigenvalue weighted by Gasteiger charge is -2.41. The van der Waals surface area contributed by atoms with E-state index < -0.39 is 0 Å². The average molecular weight is 327 g/mol. The highest BCUT2D eigenvalue weighted by molar-refractivity contribution is 9.10. The minimum absolute atomic E-state index is 0.206. The number of hydrogen-bond donors (Lipinski definition) is 1. The van der Waals surface area contributed by atoms with Crippen molar-refractivity contribution in [2.24, 2.45) is 0 Å². The molecule has 0 amide bonds. The van der Waals surface area contributed by atoms with E-state index in [0.717, 1.165) is 26.2 Å². The lowest BCUT2D eigenvalue weighted by atomic mass is 9.97. The molecule has 1 aromatic carbocycles. The number of hydrogen-bond acceptors (Lipinski definition) is 3. The Morgan fingerprint density at radius 1 is 1.47 bits per heavy atom. The molecule has 1 aliphatic rings. The van der Waals surface area contributed by atoms with Crippen LogP contribution in [0.25, 0.3) is 0 Å². The molecule has 106 valence electrons. The Morgan fingerprint density at radius 2 is 2.26 bits per heavy atom. The SMILES string of the molecule is CCN1CCOC(CNC)C1c1ccc(C)cc1Br. The van der Waals surface area contributed by atoms with Crippen molar-refractivity contribution in [2.75, 3.05) is 33.3 Å². The Hall–Kier alpha value is -0.420. The van der Waals surface area contributed by atoms with Crippen molar-refractivity contribution in [2.45, 2.75) is 26.0 Å². The van der Waals surface area contributed by atoms with Crippen LogP contribution in [-0.2, 0) is 4.74 Å². The smallest absolute Gasteiger partial charge is 0.0896 e. The van der Waals surface area contributed by atoms with E-state index in [4.69, 9.17) is 4.74 Å². The van der Waals surface area contributed by atoms with Gasteiger partial charge in [-0.2, -0.15) is 0 Å². The Balaban J connectivity index is 2.33. The number of morpholine rings is 1. The normalized spacial score (nSPS) is 24.6. The Kier molecular flexibility index (Phi) is 5.39. The molecule has 0 bridgehead atoms. The van der Waals surface area contributed by atoms with Crippen LogP contribution in [0.5, 0.6) is 0 Å². The first-order valence-electron chi connectivity index (χ1n) is 6.93. The highest BCUT2D eigenvalue weighted by Crippen LogP contribution is 2.34. The van der Waals surface area contributed by atoms with Gasteiger partial charge in [0.1, 0.15) is 0 Å². The lowest BCUT2D eigenvalue weighted by Crippen LogP contribution is -2.48. The lowest BCUT2D eigenvalue weighted by molar-refractivity contribution is -0.0688. The summed E-state index contributed by atoms with van der Waals surface area (Å²) in [5, 5.41) is 3.25. The average Bonchev–Trinajstić information content (AvgIpc) is 2.39. The second-order valence-corrected chi connectivity index (χ2v) is 5.92. The highest BCUT2D eigenvalue weighted by Gasteiger charge is 2.33. The molecule has 1 aliphatic heterocycles. The molecular weight excluding hydrogens is 304 g/mol. The van der Waals surface area contributed by atoms with Crippen molar-refractivity contribution < 1.29 is 4.74 Å². The third kappa shape index (κ3) is 3.37. The van der Waals surface area contributed by atoms with Crippen LogP contribution in [0.1, 0.15) is 24.1 Å². The van der Waals surface area contributed by atoms with Crippen LogP contribution in [-0.4, -0.2) is 44.3 Å². The maximum atomic E-state index is 5.98. The Morgan fingerprint density at radius 3 is 2.89 bits per heavy atom. The van der Waals surface area contributed by atoms with Gasteiger partial charge in [-0.3, -0.25) is 4.90 Å². The molecule has 0 aliphatic carbocycles. The van der Waals surface area contributed by atoms with E-state index in [2.05, 4.69) is 58.2 Å². The van der Waals surface area contributed by atoms with Crippen LogP contribution in [0.15, 0.2) is 22.7 Å². The van der Waals surface area contributed by atoms with Gasteiger partial charge in [-0.05, 0) is 37.7 Å². The number of benzene rings is 1. The van der Waals surface area contributed by atoms with Crippen molar-refractivity contribution in [3.05, 3.63) is 33.8 Å². The first-order valence-corrected chi connectivity index (χ1v) is 7.73. The van der Waals surface area contributed by atoms with Crippen LogP contribution < -0.4 is 5.32 Å². The Bertz CT molecular complexity index is 423. The molecule has 1 N–H and O–H groups in total. The summed E-state index contributed by atoms with van der Waals surface area (Å²) in [6.07, 6.45) is 0.206. The first-order chi connectivity index (χ1) is 9.17. The van der Waals surface area contributed by atoms with Gasteiger partial charge in [0.15, 0.2) is 0 Å². The summed E-state index contributed by atoms with van der Waals surface area (Å²) < 4.78 is 7.16. The van der Waals surface area contributed by atoms with Gasteiger partial charge in [-0.25, -0.2) is 0 Å². The predicted molar refractivity (Wildman–Crippen MR) is 82.5 cm³/mol. The number of aryl methyl sites for hydroxylation is 1. The van der Waals surface area contributed by atoms with E-state index in [1.165, 1.54) is 15.6 Å². The molecule has 1 heterocycles. The molecule has 1 saturated heterocycles. The summed E-state index contributed by atoms with van der Waals surface area (Å²) in [6.45, 7) is 8.09. The van der Waals surface area contributed by atoms with Crippen molar-refractivity contribution in [3.63, 3.8) is 0 Å². The molecule has 2 unspecified atom stereocenters. The van der Waals surface area contributed by atoms with Crippen LogP contribution in [0.2, 0.25) is 0 Å². The summed E-state index contributed by atoms with van der Waals surface area (Å²) in [4.78, 5) is 2.50. The van der Waals surface area contributed by atoms with Crippen molar-refractivity contribution in [1.82, 2.24) is 10.2 Å². The fraction of sp³-hybridized carbons (Fsp3) is 0.600. The van der Waals surface area contributed by atoms with E-state index in [1.54, 1.807) is 0 Å². The van der Waals surface area contributed by atoms with E-state index in [-0.39, 0.29) is 6.10 Å². The van der Waals surface area contributed by atoms with Gasteiger partial charge in [-0.1, -0.05) is 35.0 Å². The molecule has 1 aromatic rings. The molecule has 4 heteroatoms. The second-order valence-electron chi connectivity index (χ2n) is 5.07. The molecule has 0 spiro atoms. The molecule has 0 radical (unpaired) electrons. The minimum atomic E-state index is 0.206. The summed E-state index contributed by atoms with van der Waals surface area (Å²) in [5.41, 5.74) is 2.60.